The van der Waals surface area contributed by atoms with E-state index in [2.05, 4.69) is 25.6 Å². The fourth-order valence-electron chi connectivity index (χ4n) is 3.57. The van der Waals surface area contributed by atoms with E-state index in [9.17, 15) is 9.90 Å². The Labute approximate surface area is 183 Å². The van der Waals surface area contributed by atoms with Gasteiger partial charge in [-0.2, -0.15) is 5.21 Å². The maximum absolute atomic E-state index is 11.6. The Bertz CT molecular complexity index is 1170. The first-order valence-corrected chi connectivity index (χ1v) is 10.3. The number of imidazole rings is 1. The van der Waals surface area contributed by atoms with Crippen molar-refractivity contribution in [2.24, 2.45) is 0 Å². The second-order valence-electron chi connectivity index (χ2n) is 7.13. The molecule has 0 aliphatic heterocycles. The summed E-state index contributed by atoms with van der Waals surface area (Å²) in [5.41, 5.74) is 4.06. The lowest BCUT2D eigenvalue weighted by molar-refractivity contribution is 0.111. The van der Waals surface area contributed by atoms with Gasteiger partial charge in [0.15, 0.2) is 11.4 Å². The molecule has 2 heterocycles. The molecule has 0 amide bonds. The van der Waals surface area contributed by atoms with Crippen molar-refractivity contribution >= 4 is 17.9 Å². The zero-order valence-electron chi connectivity index (χ0n) is 16.9. The minimum absolute atomic E-state index is 0.103. The number of hydrogen-bond acceptors (Lipinski definition) is 6. The Hall–Kier alpha value is -3.36. The van der Waals surface area contributed by atoms with Gasteiger partial charge in [0, 0.05) is 12.1 Å². The van der Waals surface area contributed by atoms with Crippen LogP contribution in [0.25, 0.3) is 22.5 Å². The van der Waals surface area contributed by atoms with E-state index < -0.39 is 6.10 Å². The monoisotopic (exact) mass is 436 g/mol. The number of nitrogens with one attached hydrogen (secondary N) is 1. The van der Waals surface area contributed by atoms with Gasteiger partial charge in [0.05, 0.1) is 0 Å². The third-order valence-corrected chi connectivity index (χ3v) is 5.36. The second kappa shape index (κ2) is 9.20. The van der Waals surface area contributed by atoms with Crippen molar-refractivity contribution in [3.8, 4) is 22.5 Å². The molecule has 0 saturated carbocycles. The number of nitrogens with zero attached hydrogens (tertiary/aromatic N) is 5. The van der Waals surface area contributed by atoms with Crippen LogP contribution in [0, 0.1) is 0 Å². The maximum Gasteiger partial charge on any atom is 0.205 e. The number of H-pyrrole nitrogens is 1. The average molecular weight is 437 g/mol. The van der Waals surface area contributed by atoms with Gasteiger partial charge in [0.25, 0.3) is 0 Å². The molecule has 158 valence electrons. The van der Waals surface area contributed by atoms with Crippen LogP contribution in [0.4, 0.5) is 0 Å². The summed E-state index contributed by atoms with van der Waals surface area (Å²) in [4.78, 5) is 15.8. The third kappa shape index (κ3) is 4.26. The van der Waals surface area contributed by atoms with Crippen LogP contribution < -0.4 is 0 Å². The van der Waals surface area contributed by atoms with Gasteiger partial charge >= 0.3 is 0 Å². The van der Waals surface area contributed by atoms with Crippen LogP contribution in [-0.2, 0) is 6.54 Å². The SMILES string of the molecule is CCCC(O)c1nc(Cl)c(C=O)n1Cc1ccc(-c2ccccc2-c2nn[nH]n2)cc1. The minimum atomic E-state index is -0.780. The van der Waals surface area contributed by atoms with E-state index in [4.69, 9.17) is 11.6 Å². The number of aliphatic hydroxyl groups is 1. The van der Waals surface area contributed by atoms with Gasteiger partial charge in [-0.05, 0) is 28.3 Å². The molecule has 1 atom stereocenters. The number of tetrazole rings is 1. The molecule has 8 nitrogen and oxygen atoms in total. The van der Waals surface area contributed by atoms with Gasteiger partial charge in [-0.25, -0.2) is 4.98 Å². The number of hydrogen-bond donors (Lipinski definition) is 2. The van der Waals surface area contributed by atoms with E-state index in [1.54, 1.807) is 4.57 Å². The molecule has 0 spiro atoms. The van der Waals surface area contributed by atoms with Crippen molar-refractivity contribution in [2.45, 2.75) is 32.4 Å². The molecule has 0 bridgehead atoms. The number of aromatic amines is 1. The quantitative estimate of drug-likeness (QED) is 0.403. The van der Waals surface area contributed by atoms with Crippen molar-refractivity contribution in [2.75, 3.05) is 0 Å². The van der Waals surface area contributed by atoms with E-state index >= 15 is 0 Å². The highest BCUT2D eigenvalue weighted by Gasteiger charge is 2.21. The Morgan fingerprint density at radius 1 is 1.16 bits per heavy atom. The maximum atomic E-state index is 11.6. The zero-order valence-corrected chi connectivity index (χ0v) is 17.6. The molecule has 0 saturated heterocycles. The summed E-state index contributed by atoms with van der Waals surface area (Å²) in [6.45, 7) is 2.35. The number of aldehydes is 1. The van der Waals surface area contributed by atoms with Gasteiger partial charge < -0.3 is 9.67 Å². The van der Waals surface area contributed by atoms with Gasteiger partial charge in [-0.1, -0.05) is 73.5 Å². The lowest BCUT2D eigenvalue weighted by Gasteiger charge is -2.14. The number of aromatic nitrogens is 6. The Morgan fingerprint density at radius 3 is 2.55 bits per heavy atom. The normalized spacial score (nSPS) is 12.1. The number of aliphatic hydroxyl groups excluding tert-OH is 1. The van der Waals surface area contributed by atoms with E-state index in [1.165, 1.54) is 0 Å². The number of halogens is 1. The molecule has 9 heteroatoms. The van der Waals surface area contributed by atoms with Crippen LogP contribution in [0.5, 0.6) is 0 Å². The van der Waals surface area contributed by atoms with Crippen molar-refractivity contribution < 1.29 is 9.90 Å². The van der Waals surface area contributed by atoms with E-state index in [1.807, 2.05) is 55.5 Å². The lowest BCUT2D eigenvalue weighted by atomic mass is 9.98. The van der Waals surface area contributed by atoms with Gasteiger partial charge in [-0.3, -0.25) is 4.79 Å². The summed E-state index contributed by atoms with van der Waals surface area (Å²) in [5.74, 6) is 0.929. The molecular weight excluding hydrogens is 416 g/mol. The number of rotatable bonds is 8. The summed E-state index contributed by atoms with van der Waals surface area (Å²) in [7, 11) is 0. The standard InChI is InChI=1S/C22H21ClN6O2/c1-2-5-19(31)22-24-20(23)18(13-30)29(22)12-14-8-10-15(11-9-14)16-6-3-4-7-17(16)21-25-27-28-26-21/h3-4,6-11,13,19,31H,2,5,12H2,1H3,(H,25,26,27,28). The molecule has 0 aliphatic carbocycles. The zero-order chi connectivity index (χ0) is 21.8. The molecule has 0 radical (unpaired) electrons. The summed E-state index contributed by atoms with van der Waals surface area (Å²) in [5, 5.41) is 24.8. The van der Waals surface area contributed by atoms with Crippen LogP contribution in [-0.4, -0.2) is 41.6 Å². The average Bonchev–Trinajstić information content (AvgIpc) is 3.43. The van der Waals surface area contributed by atoms with Crippen LogP contribution in [0.15, 0.2) is 48.5 Å². The molecule has 4 aromatic rings. The molecular formula is C22H21ClN6O2. The molecule has 2 aromatic carbocycles. The molecule has 31 heavy (non-hydrogen) atoms. The van der Waals surface area contributed by atoms with E-state index in [0.717, 1.165) is 28.7 Å². The van der Waals surface area contributed by atoms with Crippen LogP contribution in [0.1, 0.15) is 47.7 Å². The van der Waals surface area contributed by atoms with Crippen molar-refractivity contribution in [1.29, 1.82) is 0 Å². The Balaban J connectivity index is 1.65. The van der Waals surface area contributed by atoms with Crippen molar-refractivity contribution in [3.63, 3.8) is 0 Å². The predicted octanol–water partition coefficient (Wildman–Crippen LogP) is 4.08. The Morgan fingerprint density at radius 2 is 1.90 bits per heavy atom. The molecule has 4 rings (SSSR count). The largest absolute Gasteiger partial charge is 0.385 e. The summed E-state index contributed by atoms with van der Waals surface area (Å²) in [6, 6.07) is 15.8. The van der Waals surface area contributed by atoms with Gasteiger partial charge in [0.2, 0.25) is 5.82 Å². The summed E-state index contributed by atoms with van der Waals surface area (Å²) >= 11 is 6.14. The molecule has 1 unspecified atom stereocenters. The highest BCUT2D eigenvalue weighted by molar-refractivity contribution is 6.31. The van der Waals surface area contributed by atoms with Crippen LogP contribution >= 0.6 is 11.6 Å². The molecule has 0 fully saturated rings. The number of benzene rings is 2. The van der Waals surface area contributed by atoms with Crippen molar-refractivity contribution in [1.82, 2.24) is 30.2 Å². The molecule has 2 N–H and O–H groups in total. The first-order chi connectivity index (χ1) is 15.1. The summed E-state index contributed by atoms with van der Waals surface area (Å²) in [6.07, 6.45) is 1.22. The van der Waals surface area contributed by atoms with Crippen LogP contribution in [0.3, 0.4) is 0 Å². The fourth-order valence-corrected chi connectivity index (χ4v) is 3.80. The topological polar surface area (TPSA) is 110 Å². The Kier molecular flexibility index (Phi) is 6.20. The molecule has 2 aromatic heterocycles. The van der Waals surface area contributed by atoms with E-state index in [0.29, 0.717) is 30.9 Å². The van der Waals surface area contributed by atoms with Crippen molar-refractivity contribution in [3.05, 3.63) is 70.8 Å². The number of carbonyl (C=O) groups excluding carboxylic acids is 1. The second-order valence-corrected chi connectivity index (χ2v) is 7.49. The minimum Gasteiger partial charge on any atom is -0.385 e. The predicted molar refractivity (Wildman–Crippen MR) is 117 cm³/mol. The van der Waals surface area contributed by atoms with Crippen LogP contribution in [0.2, 0.25) is 5.15 Å². The first-order valence-electron chi connectivity index (χ1n) is 9.93. The smallest absolute Gasteiger partial charge is 0.205 e. The fraction of sp³-hybridized carbons (Fsp3) is 0.227. The highest BCUT2D eigenvalue weighted by atomic mass is 35.5. The number of carbonyl (C=O) groups is 1. The first kappa shape index (κ1) is 20.9. The highest BCUT2D eigenvalue weighted by Crippen LogP contribution is 2.30. The molecule has 0 aliphatic rings. The lowest BCUT2D eigenvalue weighted by Crippen LogP contribution is -2.12. The summed E-state index contributed by atoms with van der Waals surface area (Å²) < 4.78 is 1.68. The van der Waals surface area contributed by atoms with Gasteiger partial charge in [-0.15, -0.1) is 10.2 Å². The van der Waals surface area contributed by atoms with E-state index in [-0.39, 0.29) is 10.8 Å². The third-order valence-electron chi connectivity index (χ3n) is 5.08. The van der Waals surface area contributed by atoms with Gasteiger partial charge in [0.1, 0.15) is 17.6 Å².